The third-order valence-corrected chi connectivity index (χ3v) is 4.94. The first kappa shape index (κ1) is 17.2. The monoisotopic (exact) mass is 336 g/mol. The van der Waals surface area contributed by atoms with Crippen LogP contribution in [0.25, 0.3) is 0 Å². The highest BCUT2D eigenvalue weighted by molar-refractivity contribution is 5.97. The van der Waals surface area contributed by atoms with E-state index in [1.54, 1.807) is 4.90 Å². The Bertz CT molecular complexity index is 796. The van der Waals surface area contributed by atoms with Gasteiger partial charge in [0.1, 0.15) is 0 Å². The zero-order valence-electron chi connectivity index (χ0n) is 15.0. The van der Waals surface area contributed by atoms with E-state index in [1.165, 1.54) is 5.56 Å². The summed E-state index contributed by atoms with van der Waals surface area (Å²) in [4.78, 5) is 26.6. The lowest BCUT2D eigenvalue weighted by Gasteiger charge is -2.17. The molecule has 4 nitrogen and oxygen atoms in total. The lowest BCUT2D eigenvalue weighted by Crippen LogP contribution is -2.28. The Balaban J connectivity index is 1.64. The standard InChI is InChI=1S/C21H24N2O2/c1-14-7-9-17(10-8-14)12-23-13-18(11-20(23)24)21(25)22-19-6-4-5-15(2)16(19)3/h4-10,18H,11-13H2,1-3H3,(H,22,25)/t18-/m1/s1. The lowest BCUT2D eigenvalue weighted by atomic mass is 10.1. The van der Waals surface area contributed by atoms with E-state index in [9.17, 15) is 9.59 Å². The van der Waals surface area contributed by atoms with Gasteiger partial charge >= 0.3 is 0 Å². The molecule has 1 aliphatic heterocycles. The van der Waals surface area contributed by atoms with E-state index in [0.29, 0.717) is 13.1 Å². The number of rotatable bonds is 4. The molecule has 0 spiro atoms. The molecule has 25 heavy (non-hydrogen) atoms. The fraction of sp³-hybridized carbons (Fsp3) is 0.333. The van der Waals surface area contributed by atoms with E-state index in [1.807, 2.05) is 63.2 Å². The van der Waals surface area contributed by atoms with Crippen molar-refractivity contribution in [3.63, 3.8) is 0 Å². The average Bonchev–Trinajstić information content (AvgIpc) is 2.95. The van der Waals surface area contributed by atoms with Gasteiger partial charge in [0.2, 0.25) is 11.8 Å². The van der Waals surface area contributed by atoms with Crippen molar-refractivity contribution in [2.75, 3.05) is 11.9 Å². The molecule has 130 valence electrons. The van der Waals surface area contributed by atoms with Crippen LogP contribution in [0.15, 0.2) is 42.5 Å². The number of hydrogen-bond donors (Lipinski definition) is 1. The van der Waals surface area contributed by atoms with Crippen LogP contribution >= 0.6 is 0 Å². The van der Waals surface area contributed by atoms with Gasteiger partial charge in [-0.2, -0.15) is 0 Å². The van der Waals surface area contributed by atoms with Crippen molar-refractivity contribution in [2.45, 2.75) is 33.7 Å². The van der Waals surface area contributed by atoms with Crippen LogP contribution in [0.2, 0.25) is 0 Å². The summed E-state index contributed by atoms with van der Waals surface area (Å²) < 4.78 is 0. The molecule has 4 heteroatoms. The number of benzene rings is 2. The summed E-state index contributed by atoms with van der Waals surface area (Å²) in [7, 11) is 0. The zero-order chi connectivity index (χ0) is 18.0. The van der Waals surface area contributed by atoms with Crippen LogP contribution in [-0.2, 0) is 16.1 Å². The number of carbonyl (C=O) groups excluding carboxylic acids is 2. The second-order valence-corrected chi connectivity index (χ2v) is 6.90. The highest BCUT2D eigenvalue weighted by Gasteiger charge is 2.34. The van der Waals surface area contributed by atoms with Crippen molar-refractivity contribution in [1.29, 1.82) is 0 Å². The Hall–Kier alpha value is -2.62. The molecule has 2 aromatic carbocycles. The molecule has 0 saturated carbocycles. The molecular weight excluding hydrogens is 312 g/mol. The van der Waals surface area contributed by atoms with Gasteiger partial charge in [-0.25, -0.2) is 0 Å². The maximum Gasteiger partial charge on any atom is 0.229 e. The van der Waals surface area contributed by atoms with E-state index < -0.39 is 0 Å². The van der Waals surface area contributed by atoms with Crippen LogP contribution in [0, 0.1) is 26.7 Å². The minimum atomic E-state index is -0.294. The number of likely N-dealkylation sites (tertiary alicyclic amines) is 1. The molecule has 1 saturated heterocycles. The fourth-order valence-electron chi connectivity index (χ4n) is 3.14. The molecule has 3 rings (SSSR count). The molecule has 1 fully saturated rings. The van der Waals surface area contributed by atoms with E-state index in [-0.39, 0.29) is 24.2 Å². The maximum absolute atomic E-state index is 12.6. The van der Waals surface area contributed by atoms with Crippen molar-refractivity contribution < 1.29 is 9.59 Å². The summed E-state index contributed by atoms with van der Waals surface area (Å²) in [5.74, 6) is -0.326. The number of hydrogen-bond acceptors (Lipinski definition) is 2. The van der Waals surface area contributed by atoms with Gasteiger partial charge in [0, 0.05) is 25.2 Å². The summed E-state index contributed by atoms with van der Waals surface area (Å²) in [6.45, 7) is 7.09. The summed E-state index contributed by atoms with van der Waals surface area (Å²) in [6, 6.07) is 14.0. The van der Waals surface area contributed by atoms with Crippen molar-refractivity contribution in [2.24, 2.45) is 5.92 Å². The first-order valence-corrected chi connectivity index (χ1v) is 8.64. The Morgan fingerprint density at radius 1 is 1.12 bits per heavy atom. The number of nitrogens with one attached hydrogen (secondary N) is 1. The summed E-state index contributed by atoms with van der Waals surface area (Å²) in [5, 5.41) is 2.99. The Kier molecular flexibility index (Phi) is 4.88. The van der Waals surface area contributed by atoms with Gasteiger partial charge in [-0.15, -0.1) is 0 Å². The highest BCUT2D eigenvalue weighted by Crippen LogP contribution is 2.24. The molecule has 1 N–H and O–H groups in total. The second-order valence-electron chi connectivity index (χ2n) is 6.90. The molecule has 0 bridgehead atoms. The third-order valence-electron chi connectivity index (χ3n) is 4.94. The van der Waals surface area contributed by atoms with Gasteiger partial charge in [-0.1, -0.05) is 42.0 Å². The quantitative estimate of drug-likeness (QED) is 0.927. The largest absolute Gasteiger partial charge is 0.338 e. The van der Waals surface area contributed by atoms with E-state index >= 15 is 0 Å². The summed E-state index contributed by atoms with van der Waals surface area (Å²) in [6.07, 6.45) is 0.280. The topological polar surface area (TPSA) is 49.4 Å². The minimum Gasteiger partial charge on any atom is -0.338 e. The highest BCUT2D eigenvalue weighted by atomic mass is 16.2. The van der Waals surface area contributed by atoms with Gasteiger partial charge in [0.25, 0.3) is 0 Å². The number of carbonyl (C=O) groups is 2. The van der Waals surface area contributed by atoms with Gasteiger partial charge in [0.05, 0.1) is 5.92 Å². The molecule has 0 aromatic heterocycles. The van der Waals surface area contributed by atoms with Crippen molar-refractivity contribution in [3.8, 4) is 0 Å². The molecular formula is C21H24N2O2. The maximum atomic E-state index is 12.6. The predicted molar refractivity (Wildman–Crippen MR) is 99.2 cm³/mol. The van der Waals surface area contributed by atoms with Crippen LogP contribution in [0.3, 0.4) is 0 Å². The van der Waals surface area contributed by atoms with Crippen LogP contribution < -0.4 is 5.32 Å². The number of nitrogens with zero attached hydrogens (tertiary/aromatic N) is 1. The summed E-state index contributed by atoms with van der Waals surface area (Å²) >= 11 is 0. The van der Waals surface area contributed by atoms with Gasteiger partial charge in [-0.3, -0.25) is 9.59 Å². The number of amides is 2. The van der Waals surface area contributed by atoms with E-state index in [2.05, 4.69) is 5.32 Å². The predicted octanol–water partition coefficient (Wildman–Crippen LogP) is 3.60. The molecule has 0 aliphatic carbocycles. The molecule has 1 heterocycles. The Morgan fingerprint density at radius 2 is 1.84 bits per heavy atom. The SMILES string of the molecule is Cc1ccc(CN2C[C@H](C(=O)Nc3cccc(C)c3C)CC2=O)cc1. The number of aryl methyl sites for hydroxylation is 2. The molecule has 1 aliphatic rings. The van der Waals surface area contributed by atoms with Crippen molar-refractivity contribution in [3.05, 3.63) is 64.7 Å². The Morgan fingerprint density at radius 3 is 2.56 bits per heavy atom. The smallest absolute Gasteiger partial charge is 0.229 e. The number of anilines is 1. The lowest BCUT2D eigenvalue weighted by molar-refractivity contribution is -0.128. The first-order valence-electron chi connectivity index (χ1n) is 8.64. The van der Waals surface area contributed by atoms with Gasteiger partial charge < -0.3 is 10.2 Å². The van der Waals surface area contributed by atoms with E-state index in [0.717, 1.165) is 22.4 Å². The first-order chi connectivity index (χ1) is 11.9. The van der Waals surface area contributed by atoms with Gasteiger partial charge in [0.15, 0.2) is 0 Å². The van der Waals surface area contributed by atoms with E-state index in [4.69, 9.17) is 0 Å². The normalized spacial score (nSPS) is 17.0. The Labute approximate surface area is 148 Å². The molecule has 2 amide bonds. The van der Waals surface area contributed by atoms with Crippen LogP contribution in [-0.4, -0.2) is 23.3 Å². The molecule has 0 radical (unpaired) electrons. The van der Waals surface area contributed by atoms with Crippen LogP contribution in [0.4, 0.5) is 5.69 Å². The van der Waals surface area contributed by atoms with Crippen LogP contribution in [0.5, 0.6) is 0 Å². The van der Waals surface area contributed by atoms with Crippen molar-refractivity contribution >= 4 is 17.5 Å². The third kappa shape index (κ3) is 3.90. The van der Waals surface area contributed by atoms with Crippen molar-refractivity contribution in [1.82, 2.24) is 4.90 Å². The van der Waals surface area contributed by atoms with Crippen LogP contribution in [0.1, 0.15) is 28.7 Å². The molecule has 0 unspecified atom stereocenters. The summed E-state index contributed by atoms with van der Waals surface area (Å²) in [5.41, 5.74) is 5.32. The second kappa shape index (κ2) is 7.09. The molecule has 1 atom stereocenters. The average molecular weight is 336 g/mol. The molecule has 2 aromatic rings. The fourth-order valence-corrected chi connectivity index (χ4v) is 3.14. The minimum absolute atomic E-state index is 0.0432. The zero-order valence-corrected chi connectivity index (χ0v) is 15.0. The van der Waals surface area contributed by atoms with Gasteiger partial charge in [-0.05, 0) is 43.5 Å².